The van der Waals surface area contributed by atoms with Gasteiger partial charge in [0.2, 0.25) is 5.91 Å². The van der Waals surface area contributed by atoms with E-state index in [2.05, 4.69) is 0 Å². The van der Waals surface area contributed by atoms with E-state index in [0.717, 1.165) is 4.31 Å². The number of rotatable bonds is 3. The van der Waals surface area contributed by atoms with E-state index in [4.69, 9.17) is 9.56 Å². The number of carbonyl (C=O) groups is 1. The van der Waals surface area contributed by atoms with Gasteiger partial charge in [-0.15, -0.1) is 0 Å². The summed E-state index contributed by atoms with van der Waals surface area (Å²) in [5.74, 6) is 0.419. The second-order valence-corrected chi connectivity index (χ2v) is 5.66. The summed E-state index contributed by atoms with van der Waals surface area (Å²) in [4.78, 5) is 13.4. The van der Waals surface area contributed by atoms with Crippen molar-refractivity contribution in [2.45, 2.75) is 0 Å². The standard InChI is InChI=1S/C11H15N3O4S/c12-19(16,17)14-7-5-13(6-8-14)11(15)4-3-10-2-1-9-18-10/h1-4,9H,5-8H2,(H2,12,16,17)/b4-3+. The molecular formula is C11H15N3O4S. The molecule has 0 atom stereocenters. The molecule has 1 fully saturated rings. The van der Waals surface area contributed by atoms with E-state index in [1.807, 2.05) is 0 Å². The second-order valence-electron chi connectivity index (χ2n) is 4.12. The van der Waals surface area contributed by atoms with Crippen LogP contribution in [0.3, 0.4) is 0 Å². The molecule has 1 amide bonds. The van der Waals surface area contributed by atoms with Crippen LogP contribution in [0.15, 0.2) is 28.9 Å². The van der Waals surface area contributed by atoms with Crippen molar-refractivity contribution in [1.82, 2.24) is 9.21 Å². The van der Waals surface area contributed by atoms with Crippen molar-refractivity contribution in [3.63, 3.8) is 0 Å². The fourth-order valence-electron chi connectivity index (χ4n) is 1.81. The van der Waals surface area contributed by atoms with Gasteiger partial charge in [0.1, 0.15) is 5.76 Å². The lowest BCUT2D eigenvalue weighted by atomic mass is 10.3. The molecule has 2 heterocycles. The molecule has 0 aliphatic carbocycles. The Morgan fingerprint density at radius 1 is 1.32 bits per heavy atom. The summed E-state index contributed by atoms with van der Waals surface area (Å²) in [5, 5.41) is 5.02. The maximum Gasteiger partial charge on any atom is 0.277 e. The largest absolute Gasteiger partial charge is 0.465 e. The van der Waals surface area contributed by atoms with Crippen LogP contribution in [0, 0.1) is 0 Å². The minimum absolute atomic E-state index is 0.175. The molecule has 0 radical (unpaired) electrons. The highest BCUT2D eigenvalue weighted by atomic mass is 32.2. The van der Waals surface area contributed by atoms with Gasteiger partial charge in [-0.25, -0.2) is 5.14 Å². The number of nitrogens with two attached hydrogens (primary N) is 1. The number of piperazine rings is 1. The molecule has 0 saturated carbocycles. The molecule has 0 unspecified atom stereocenters. The van der Waals surface area contributed by atoms with Crippen LogP contribution in [0.5, 0.6) is 0 Å². The van der Waals surface area contributed by atoms with Crippen molar-refractivity contribution in [3.05, 3.63) is 30.2 Å². The van der Waals surface area contributed by atoms with E-state index in [1.54, 1.807) is 23.1 Å². The fraction of sp³-hybridized carbons (Fsp3) is 0.364. The molecule has 1 aliphatic heterocycles. The molecule has 0 bridgehead atoms. The Hall–Kier alpha value is -1.64. The third-order valence-electron chi connectivity index (χ3n) is 2.84. The quantitative estimate of drug-likeness (QED) is 0.767. The van der Waals surface area contributed by atoms with E-state index >= 15 is 0 Å². The predicted molar refractivity (Wildman–Crippen MR) is 69.0 cm³/mol. The normalized spacial score (nSPS) is 18.1. The Kier molecular flexibility index (Phi) is 4.03. The Bertz CT molecular complexity index is 557. The first kappa shape index (κ1) is 13.8. The van der Waals surface area contributed by atoms with Gasteiger partial charge >= 0.3 is 0 Å². The summed E-state index contributed by atoms with van der Waals surface area (Å²) in [6.07, 6.45) is 4.51. The molecule has 2 N–H and O–H groups in total. The first-order valence-electron chi connectivity index (χ1n) is 5.75. The highest BCUT2D eigenvalue weighted by molar-refractivity contribution is 7.86. The van der Waals surface area contributed by atoms with Gasteiger partial charge < -0.3 is 9.32 Å². The highest BCUT2D eigenvalue weighted by Gasteiger charge is 2.25. The lowest BCUT2D eigenvalue weighted by Crippen LogP contribution is -2.51. The van der Waals surface area contributed by atoms with Gasteiger partial charge in [-0.2, -0.15) is 12.7 Å². The van der Waals surface area contributed by atoms with E-state index in [1.165, 1.54) is 12.3 Å². The van der Waals surface area contributed by atoms with E-state index in [0.29, 0.717) is 18.8 Å². The summed E-state index contributed by atoms with van der Waals surface area (Å²) in [6.45, 7) is 1.11. The van der Waals surface area contributed by atoms with Crippen LogP contribution in [0.1, 0.15) is 5.76 Å². The fourth-order valence-corrected chi connectivity index (χ4v) is 2.48. The first-order valence-corrected chi connectivity index (χ1v) is 7.25. The molecule has 0 spiro atoms. The zero-order chi connectivity index (χ0) is 13.9. The van der Waals surface area contributed by atoms with Crippen molar-refractivity contribution in [2.75, 3.05) is 26.2 Å². The van der Waals surface area contributed by atoms with E-state index in [-0.39, 0.29) is 19.0 Å². The Morgan fingerprint density at radius 2 is 2.00 bits per heavy atom. The SMILES string of the molecule is NS(=O)(=O)N1CCN(C(=O)/C=C/c2ccco2)CC1. The van der Waals surface area contributed by atoms with Crippen molar-refractivity contribution in [2.24, 2.45) is 5.14 Å². The Labute approximate surface area is 111 Å². The summed E-state index contributed by atoms with van der Waals surface area (Å²) in [5.41, 5.74) is 0. The van der Waals surface area contributed by atoms with E-state index in [9.17, 15) is 13.2 Å². The summed E-state index contributed by atoms with van der Waals surface area (Å²) in [7, 11) is -3.66. The Balaban J connectivity index is 1.89. The molecule has 8 heteroatoms. The molecular weight excluding hydrogens is 270 g/mol. The molecule has 1 aliphatic rings. The molecule has 19 heavy (non-hydrogen) atoms. The van der Waals surface area contributed by atoms with Gasteiger partial charge in [0.05, 0.1) is 6.26 Å². The van der Waals surface area contributed by atoms with Gasteiger partial charge in [0, 0.05) is 32.3 Å². The second kappa shape index (κ2) is 5.55. The van der Waals surface area contributed by atoms with Gasteiger partial charge in [-0.3, -0.25) is 4.79 Å². The maximum absolute atomic E-state index is 11.8. The van der Waals surface area contributed by atoms with Crippen LogP contribution >= 0.6 is 0 Å². The van der Waals surface area contributed by atoms with Gasteiger partial charge in [0.25, 0.3) is 10.2 Å². The van der Waals surface area contributed by atoms with Gasteiger partial charge in [-0.1, -0.05) is 0 Å². The zero-order valence-electron chi connectivity index (χ0n) is 10.2. The van der Waals surface area contributed by atoms with Crippen molar-refractivity contribution in [1.29, 1.82) is 0 Å². The molecule has 7 nitrogen and oxygen atoms in total. The smallest absolute Gasteiger partial charge is 0.277 e. The number of amides is 1. The predicted octanol–water partition coefficient (Wildman–Crippen LogP) is -0.359. The van der Waals surface area contributed by atoms with Crippen molar-refractivity contribution < 1.29 is 17.6 Å². The molecule has 1 aromatic rings. The third-order valence-corrected chi connectivity index (χ3v) is 3.93. The lowest BCUT2D eigenvalue weighted by molar-refractivity contribution is -0.127. The minimum Gasteiger partial charge on any atom is -0.465 e. The highest BCUT2D eigenvalue weighted by Crippen LogP contribution is 2.07. The lowest BCUT2D eigenvalue weighted by Gasteiger charge is -2.32. The van der Waals surface area contributed by atoms with Crippen LogP contribution in [-0.4, -0.2) is 49.7 Å². The monoisotopic (exact) mass is 285 g/mol. The van der Waals surface area contributed by atoms with Gasteiger partial charge in [-0.05, 0) is 18.2 Å². The number of carbonyl (C=O) groups excluding carboxylic acids is 1. The van der Waals surface area contributed by atoms with Crippen LogP contribution in [0.25, 0.3) is 6.08 Å². The molecule has 1 saturated heterocycles. The van der Waals surface area contributed by atoms with Crippen LogP contribution < -0.4 is 5.14 Å². The van der Waals surface area contributed by atoms with Crippen LogP contribution in [-0.2, 0) is 15.0 Å². The molecule has 0 aromatic carbocycles. The minimum atomic E-state index is -3.66. The van der Waals surface area contributed by atoms with E-state index < -0.39 is 10.2 Å². The summed E-state index contributed by atoms with van der Waals surface area (Å²) < 4.78 is 28.5. The van der Waals surface area contributed by atoms with Crippen molar-refractivity contribution >= 4 is 22.2 Å². The summed E-state index contributed by atoms with van der Waals surface area (Å²) >= 11 is 0. The number of hydrogen-bond acceptors (Lipinski definition) is 4. The van der Waals surface area contributed by atoms with Crippen LogP contribution in [0.4, 0.5) is 0 Å². The average molecular weight is 285 g/mol. The molecule has 2 rings (SSSR count). The van der Waals surface area contributed by atoms with Crippen molar-refractivity contribution in [3.8, 4) is 0 Å². The third kappa shape index (κ3) is 3.66. The zero-order valence-corrected chi connectivity index (χ0v) is 11.0. The van der Waals surface area contributed by atoms with Gasteiger partial charge in [0.15, 0.2) is 0 Å². The first-order chi connectivity index (χ1) is 8.97. The molecule has 104 valence electrons. The molecule has 1 aromatic heterocycles. The summed E-state index contributed by atoms with van der Waals surface area (Å²) in [6, 6.07) is 3.47. The van der Waals surface area contributed by atoms with Crippen LogP contribution in [0.2, 0.25) is 0 Å². The average Bonchev–Trinajstić information content (AvgIpc) is 2.88. The topological polar surface area (TPSA) is 96.9 Å². The number of furan rings is 1. The number of nitrogens with zero attached hydrogens (tertiary/aromatic N) is 2. The maximum atomic E-state index is 11.8. The Morgan fingerprint density at radius 3 is 2.53 bits per heavy atom. The number of hydrogen-bond donors (Lipinski definition) is 1.